The molecule has 0 spiro atoms. The lowest BCUT2D eigenvalue weighted by atomic mass is 9.96. The van der Waals surface area contributed by atoms with Crippen LogP contribution < -0.4 is 20.9 Å². The summed E-state index contributed by atoms with van der Waals surface area (Å²) in [5, 5.41) is 21.3. The molecular formula is C35H51N5O4. The number of rotatable bonds is 14. The molecule has 9 nitrogen and oxygen atoms in total. The number of anilines is 2. The van der Waals surface area contributed by atoms with Gasteiger partial charge in [0.1, 0.15) is 0 Å². The fourth-order valence-corrected chi connectivity index (χ4v) is 6.26. The first-order chi connectivity index (χ1) is 21.3. The molecule has 240 valence electrons. The van der Waals surface area contributed by atoms with E-state index in [0.717, 1.165) is 56.2 Å². The van der Waals surface area contributed by atoms with Crippen molar-refractivity contribution in [3.8, 4) is 0 Å². The Bertz CT molecular complexity index is 1230. The van der Waals surface area contributed by atoms with Gasteiger partial charge in [-0.1, -0.05) is 63.4 Å². The summed E-state index contributed by atoms with van der Waals surface area (Å²) < 4.78 is 0. The van der Waals surface area contributed by atoms with Gasteiger partial charge in [-0.2, -0.15) is 0 Å². The molecule has 0 bridgehead atoms. The maximum absolute atomic E-state index is 13.9. The zero-order valence-electron chi connectivity index (χ0n) is 26.7. The molecule has 2 atom stereocenters. The zero-order chi connectivity index (χ0) is 31.5. The van der Waals surface area contributed by atoms with E-state index >= 15 is 0 Å². The third-order valence-corrected chi connectivity index (χ3v) is 9.01. The summed E-state index contributed by atoms with van der Waals surface area (Å²) in [6.07, 6.45) is 7.95. The van der Waals surface area contributed by atoms with Crippen molar-refractivity contribution in [2.24, 2.45) is 0 Å². The maximum Gasteiger partial charge on any atom is 0.317 e. The summed E-state index contributed by atoms with van der Waals surface area (Å²) in [5.74, 6) is -0.277. The minimum Gasteiger partial charge on any atom is -0.389 e. The van der Waals surface area contributed by atoms with Gasteiger partial charge < -0.3 is 30.9 Å². The Labute approximate surface area is 262 Å². The van der Waals surface area contributed by atoms with E-state index < -0.39 is 12.1 Å². The number of aliphatic hydroxyl groups is 1. The molecule has 1 saturated carbocycles. The van der Waals surface area contributed by atoms with Crippen LogP contribution in [0.5, 0.6) is 0 Å². The minimum atomic E-state index is -0.998. The van der Waals surface area contributed by atoms with Crippen molar-refractivity contribution < 1.29 is 19.5 Å². The van der Waals surface area contributed by atoms with Crippen LogP contribution >= 0.6 is 0 Å². The molecule has 44 heavy (non-hydrogen) atoms. The fourth-order valence-electron chi connectivity index (χ4n) is 6.26. The van der Waals surface area contributed by atoms with Gasteiger partial charge in [0.05, 0.1) is 18.7 Å². The number of aliphatic hydroxyl groups excluding tert-OH is 1. The second-order valence-electron chi connectivity index (χ2n) is 12.2. The van der Waals surface area contributed by atoms with Crippen molar-refractivity contribution in [3.63, 3.8) is 0 Å². The highest BCUT2D eigenvalue weighted by Gasteiger charge is 2.28. The number of carbonyl (C=O) groups is 3. The predicted octanol–water partition coefficient (Wildman–Crippen LogP) is 5.48. The van der Waals surface area contributed by atoms with Crippen LogP contribution in [0.4, 0.5) is 16.2 Å². The smallest absolute Gasteiger partial charge is 0.317 e. The van der Waals surface area contributed by atoms with Crippen molar-refractivity contribution in [1.29, 1.82) is 0 Å². The van der Waals surface area contributed by atoms with Crippen LogP contribution in [-0.2, 0) is 11.2 Å². The SMILES string of the molecule is CCC(CC)Nc1cc(C(=O)N[C@@H](Cc2ccccc2)[C@@H](O)CN(CC)C(=O)NC2CCCCC2)cc(N2CCCC2=O)c1. The van der Waals surface area contributed by atoms with Crippen LogP contribution in [0.3, 0.4) is 0 Å². The lowest BCUT2D eigenvalue weighted by molar-refractivity contribution is -0.117. The van der Waals surface area contributed by atoms with Gasteiger partial charge in [-0.3, -0.25) is 9.59 Å². The van der Waals surface area contributed by atoms with Crippen LogP contribution in [0, 0.1) is 0 Å². The Balaban J connectivity index is 1.55. The number of amides is 4. The molecule has 1 aliphatic heterocycles. The summed E-state index contributed by atoms with van der Waals surface area (Å²) >= 11 is 0. The molecule has 0 aromatic heterocycles. The van der Waals surface area contributed by atoms with Gasteiger partial charge in [-0.25, -0.2) is 4.79 Å². The van der Waals surface area contributed by atoms with Crippen LogP contribution in [0.25, 0.3) is 0 Å². The summed E-state index contributed by atoms with van der Waals surface area (Å²) in [6, 6.07) is 14.8. The summed E-state index contributed by atoms with van der Waals surface area (Å²) in [7, 11) is 0. The average molecular weight is 606 g/mol. The number of hydrogen-bond donors (Lipinski definition) is 4. The van der Waals surface area contributed by atoms with Crippen LogP contribution in [0.1, 0.15) is 94.5 Å². The lowest BCUT2D eigenvalue weighted by Gasteiger charge is -2.32. The molecule has 2 aromatic carbocycles. The van der Waals surface area contributed by atoms with E-state index in [4.69, 9.17) is 0 Å². The van der Waals surface area contributed by atoms with Gasteiger partial charge >= 0.3 is 6.03 Å². The second kappa shape index (κ2) is 16.5. The number of benzene rings is 2. The number of hydrogen-bond acceptors (Lipinski definition) is 5. The number of likely N-dealkylation sites (N-methyl/N-ethyl adjacent to an activating group) is 1. The number of nitrogens with zero attached hydrogens (tertiary/aromatic N) is 2. The Kier molecular flexibility index (Phi) is 12.5. The van der Waals surface area contributed by atoms with E-state index in [0.29, 0.717) is 37.2 Å². The Morgan fingerprint density at radius 2 is 1.73 bits per heavy atom. The first-order valence-corrected chi connectivity index (χ1v) is 16.6. The monoisotopic (exact) mass is 605 g/mol. The van der Waals surface area contributed by atoms with E-state index in [1.165, 1.54) is 6.42 Å². The number of carbonyl (C=O) groups excluding carboxylic acids is 3. The first-order valence-electron chi connectivity index (χ1n) is 16.6. The molecule has 2 fully saturated rings. The van der Waals surface area contributed by atoms with Crippen LogP contribution in [0.2, 0.25) is 0 Å². The van der Waals surface area contributed by atoms with E-state index in [1.807, 2.05) is 49.4 Å². The van der Waals surface area contributed by atoms with Gasteiger partial charge in [-0.15, -0.1) is 0 Å². The molecular weight excluding hydrogens is 554 g/mol. The van der Waals surface area contributed by atoms with Gasteiger partial charge in [0.25, 0.3) is 5.91 Å². The Morgan fingerprint density at radius 1 is 1.00 bits per heavy atom. The average Bonchev–Trinajstić information content (AvgIpc) is 3.48. The summed E-state index contributed by atoms with van der Waals surface area (Å²) in [5.41, 5.74) is 2.88. The quantitative estimate of drug-likeness (QED) is 0.228. The van der Waals surface area contributed by atoms with E-state index in [1.54, 1.807) is 15.9 Å². The van der Waals surface area contributed by atoms with Crippen molar-refractivity contribution in [3.05, 3.63) is 59.7 Å². The summed E-state index contributed by atoms with van der Waals surface area (Å²) in [4.78, 5) is 43.0. The van der Waals surface area contributed by atoms with Crippen LogP contribution in [0.15, 0.2) is 48.5 Å². The van der Waals surface area contributed by atoms with E-state index in [-0.39, 0.29) is 36.5 Å². The molecule has 2 aromatic rings. The largest absolute Gasteiger partial charge is 0.389 e. The molecule has 4 amide bonds. The Morgan fingerprint density at radius 3 is 2.36 bits per heavy atom. The topological polar surface area (TPSA) is 114 Å². The molecule has 2 aliphatic rings. The molecule has 9 heteroatoms. The highest BCUT2D eigenvalue weighted by atomic mass is 16.3. The molecule has 1 saturated heterocycles. The second-order valence-corrected chi connectivity index (χ2v) is 12.2. The van der Waals surface area contributed by atoms with Gasteiger partial charge in [0, 0.05) is 48.5 Å². The molecule has 1 heterocycles. The van der Waals surface area contributed by atoms with Crippen molar-refractivity contribution in [1.82, 2.24) is 15.5 Å². The summed E-state index contributed by atoms with van der Waals surface area (Å²) in [6.45, 7) is 7.30. The van der Waals surface area contributed by atoms with Crippen molar-refractivity contribution in [2.75, 3.05) is 29.9 Å². The fraction of sp³-hybridized carbons (Fsp3) is 0.571. The third-order valence-electron chi connectivity index (χ3n) is 9.01. The highest BCUT2D eigenvalue weighted by Crippen LogP contribution is 2.28. The zero-order valence-corrected chi connectivity index (χ0v) is 26.7. The molecule has 0 radical (unpaired) electrons. The first kappa shape index (κ1) is 33.3. The highest BCUT2D eigenvalue weighted by molar-refractivity contribution is 6.00. The molecule has 0 unspecified atom stereocenters. The number of nitrogens with one attached hydrogen (secondary N) is 3. The van der Waals surface area contributed by atoms with Crippen molar-refractivity contribution in [2.45, 2.75) is 109 Å². The predicted molar refractivity (Wildman–Crippen MR) is 176 cm³/mol. The standard InChI is InChI=1S/C35H51N5O4/c1-4-27(5-2)36-29-21-26(22-30(23-29)40-19-13-18-33(40)42)34(43)38-31(20-25-14-9-7-10-15-25)32(41)24-39(6-3)35(44)37-28-16-11-8-12-17-28/h7,9-10,14-15,21-23,27-28,31-32,36,41H,4-6,8,11-13,16-20,24H2,1-3H3,(H,37,44)(H,38,43)/t31-,32-/m0/s1. The minimum absolute atomic E-state index is 0.0552. The third kappa shape index (κ3) is 9.21. The molecule has 4 rings (SSSR count). The number of urea groups is 1. The van der Waals surface area contributed by atoms with E-state index in [2.05, 4.69) is 29.8 Å². The van der Waals surface area contributed by atoms with Crippen LogP contribution in [-0.4, -0.2) is 71.7 Å². The van der Waals surface area contributed by atoms with Gasteiger partial charge in [-0.05, 0) is 69.2 Å². The van der Waals surface area contributed by atoms with Gasteiger partial charge in [0.2, 0.25) is 5.91 Å². The molecule has 4 N–H and O–H groups in total. The lowest BCUT2D eigenvalue weighted by Crippen LogP contribution is -2.53. The van der Waals surface area contributed by atoms with Gasteiger partial charge in [0.15, 0.2) is 0 Å². The van der Waals surface area contributed by atoms with Crippen molar-refractivity contribution >= 4 is 29.2 Å². The normalized spacial score (nSPS) is 16.9. The Hall–Kier alpha value is -3.59. The molecule has 1 aliphatic carbocycles. The van der Waals surface area contributed by atoms with E-state index in [9.17, 15) is 19.5 Å². The maximum atomic E-state index is 13.9.